The number of benzene rings is 2. The van der Waals surface area contributed by atoms with Crippen LogP contribution in [0.4, 0.5) is 0 Å². The molecular formula is C19H25NO. The summed E-state index contributed by atoms with van der Waals surface area (Å²) in [6.07, 6.45) is 0.893. The Bertz CT molecular complexity index is 590. The summed E-state index contributed by atoms with van der Waals surface area (Å²) in [7, 11) is 0. The number of aryl methyl sites for hydroxylation is 1. The average molecular weight is 283 g/mol. The van der Waals surface area contributed by atoms with Crippen LogP contribution in [0.1, 0.15) is 42.0 Å². The van der Waals surface area contributed by atoms with Crippen LogP contribution in [0.3, 0.4) is 0 Å². The van der Waals surface area contributed by atoms with Gasteiger partial charge in [-0.2, -0.15) is 0 Å². The van der Waals surface area contributed by atoms with E-state index in [1.54, 1.807) is 0 Å². The fourth-order valence-corrected chi connectivity index (χ4v) is 2.38. The lowest BCUT2D eigenvalue weighted by Crippen LogP contribution is -2.07. The van der Waals surface area contributed by atoms with Crippen molar-refractivity contribution < 1.29 is 4.74 Å². The Morgan fingerprint density at radius 1 is 1.05 bits per heavy atom. The van der Waals surface area contributed by atoms with Crippen molar-refractivity contribution in [3.8, 4) is 5.75 Å². The molecule has 0 aliphatic rings. The van der Waals surface area contributed by atoms with Crippen molar-refractivity contribution in [2.45, 2.75) is 39.7 Å². The van der Waals surface area contributed by atoms with Crippen LogP contribution in [-0.2, 0) is 13.0 Å². The second kappa shape index (κ2) is 7.28. The Labute approximate surface area is 127 Å². The normalized spacial score (nSPS) is 10.9. The van der Waals surface area contributed by atoms with E-state index in [2.05, 4.69) is 63.2 Å². The van der Waals surface area contributed by atoms with Crippen LogP contribution in [0.15, 0.2) is 42.5 Å². The minimum absolute atomic E-state index is 0.512. The van der Waals surface area contributed by atoms with Crippen LogP contribution in [0, 0.1) is 6.92 Å². The van der Waals surface area contributed by atoms with Gasteiger partial charge < -0.3 is 10.5 Å². The van der Waals surface area contributed by atoms with E-state index >= 15 is 0 Å². The van der Waals surface area contributed by atoms with Gasteiger partial charge in [0.05, 0.1) is 0 Å². The monoisotopic (exact) mass is 283 g/mol. The maximum Gasteiger partial charge on any atom is 0.123 e. The molecule has 2 N–H and O–H groups in total. The lowest BCUT2D eigenvalue weighted by atomic mass is 10.0. The molecule has 2 aromatic rings. The van der Waals surface area contributed by atoms with Gasteiger partial charge in [0.15, 0.2) is 0 Å². The molecule has 0 spiro atoms. The molecule has 2 aromatic carbocycles. The molecule has 0 saturated heterocycles. The molecule has 0 saturated carbocycles. The van der Waals surface area contributed by atoms with Crippen molar-refractivity contribution in [1.29, 1.82) is 0 Å². The zero-order chi connectivity index (χ0) is 15.2. The number of hydrogen-bond acceptors (Lipinski definition) is 2. The summed E-state index contributed by atoms with van der Waals surface area (Å²) in [5.41, 5.74) is 10.7. The Morgan fingerprint density at radius 2 is 1.76 bits per heavy atom. The largest absolute Gasteiger partial charge is 0.489 e. The highest BCUT2D eigenvalue weighted by Gasteiger charge is 2.07. The molecular weight excluding hydrogens is 258 g/mol. The fourth-order valence-electron chi connectivity index (χ4n) is 2.38. The smallest absolute Gasteiger partial charge is 0.123 e. The summed E-state index contributed by atoms with van der Waals surface area (Å²) in [5, 5.41) is 0. The molecule has 0 aliphatic carbocycles. The number of rotatable bonds is 6. The van der Waals surface area contributed by atoms with Crippen LogP contribution >= 0.6 is 0 Å². The Hall–Kier alpha value is -1.80. The van der Waals surface area contributed by atoms with Gasteiger partial charge >= 0.3 is 0 Å². The first-order valence-electron chi connectivity index (χ1n) is 7.62. The standard InChI is InChI=1S/C19H25NO/c1-14(2)17-9-8-15(3)19(12-17)21-13-18-7-5-4-6-16(18)10-11-20/h4-9,12,14H,10-11,13,20H2,1-3H3. The SMILES string of the molecule is Cc1ccc(C(C)C)cc1OCc1ccccc1CCN. The summed E-state index contributed by atoms with van der Waals surface area (Å²) in [5.74, 6) is 1.49. The summed E-state index contributed by atoms with van der Waals surface area (Å²) < 4.78 is 6.06. The van der Waals surface area contributed by atoms with Crippen LogP contribution < -0.4 is 10.5 Å². The molecule has 0 radical (unpaired) electrons. The maximum absolute atomic E-state index is 6.06. The van der Waals surface area contributed by atoms with Crippen molar-refractivity contribution in [2.24, 2.45) is 5.73 Å². The van der Waals surface area contributed by atoms with Crippen LogP contribution in [-0.4, -0.2) is 6.54 Å². The molecule has 112 valence electrons. The van der Waals surface area contributed by atoms with E-state index in [-0.39, 0.29) is 0 Å². The highest BCUT2D eigenvalue weighted by molar-refractivity contribution is 5.38. The zero-order valence-corrected chi connectivity index (χ0v) is 13.2. The van der Waals surface area contributed by atoms with Gasteiger partial charge in [-0.1, -0.05) is 50.2 Å². The van der Waals surface area contributed by atoms with Gasteiger partial charge in [-0.3, -0.25) is 0 Å². The quantitative estimate of drug-likeness (QED) is 0.862. The van der Waals surface area contributed by atoms with E-state index in [4.69, 9.17) is 10.5 Å². The van der Waals surface area contributed by atoms with E-state index in [0.29, 0.717) is 19.1 Å². The first-order chi connectivity index (χ1) is 10.1. The van der Waals surface area contributed by atoms with E-state index < -0.39 is 0 Å². The van der Waals surface area contributed by atoms with Crippen LogP contribution in [0.25, 0.3) is 0 Å². The summed E-state index contributed by atoms with van der Waals surface area (Å²) in [6, 6.07) is 14.8. The van der Waals surface area contributed by atoms with Crippen molar-refractivity contribution >= 4 is 0 Å². The van der Waals surface area contributed by atoms with Gasteiger partial charge in [-0.15, -0.1) is 0 Å². The molecule has 2 nitrogen and oxygen atoms in total. The van der Waals surface area contributed by atoms with Gasteiger partial charge in [0, 0.05) is 0 Å². The Morgan fingerprint density at radius 3 is 2.43 bits per heavy atom. The van der Waals surface area contributed by atoms with Crippen molar-refractivity contribution in [3.05, 3.63) is 64.7 Å². The third kappa shape index (κ3) is 4.08. The minimum Gasteiger partial charge on any atom is -0.489 e. The lowest BCUT2D eigenvalue weighted by Gasteiger charge is -2.14. The maximum atomic E-state index is 6.06. The molecule has 0 amide bonds. The van der Waals surface area contributed by atoms with E-state index in [9.17, 15) is 0 Å². The molecule has 21 heavy (non-hydrogen) atoms. The molecule has 2 heteroatoms. The van der Waals surface area contributed by atoms with Gasteiger partial charge in [-0.05, 0) is 54.1 Å². The van der Waals surface area contributed by atoms with E-state index in [0.717, 1.165) is 12.2 Å². The Balaban J connectivity index is 2.14. The molecule has 0 unspecified atom stereocenters. The number of nitrogens with two attached hydrogens (primary N) is 1. The summed E-state index contributed by atoms with van der Waals surface area (Å²) in [6.45, 7) is 7.75. The molecule has 0 aromatic heterocycles. The van der Waals surface area contributed by atoms with Gasteiger partial charge in [0.25, 0.3) is 0 Å². The highest BCUT2D eigenvalue weighted by Crippen LogP contribution is 2.25. The molecule has 0 aliphatic heterocycles. The topological polar surface area (TPSA) is 35.2 Å². The first-order valence-corrected chi connectivity index (χ1v) is 7.62. The lowest BCUT2D eigenvalue weighted by molar-refractivity contribution is 0.302. The second-order valence-electron chi connectivity index (χ2n) is 5.78. The molecule has 2 rings (SSSR count). The molecule has 0 heterocycles. The van der Waals surface area contributed by atoms with E-state index in [1.165, 1.54) is 22.3 Å². The van der Waals surface area contributed by atoms with Crippen LogP contribution in [0.2, 0.25) is 0 Å². The molecule has 0 fully saturated rings. The average Bonchev–Trinajstić information content (AvgIpc) is 2.48. The third-order valence-electron chi connectivity index (χ3n) is 3.79. The summed E-state index contributed by atoms with van der Waals surface area (Å²) in [4.78, 5) is 0. The van der Waals surface area contributed by atoms with Crippen molar-refractivity contribution in [1.82, 2.24) is 0 Å². The second-order valence-corrected chi connectivity index (χ2v) is 5.78. The van der Waals surface area contributed by atoms with Crippen molar-refractivity contribution in [2.75, 3.05) is 6.54 Å². The molecule has 0 bridgehead atoms. The third-order valence-corrected chi connectivity index (χ3v) is 3.79. The number of hydrogen-bond donors (Lipinski definition) is 1. The highest BCUT2D eigenvalue weighted by atomic mass is 16.5. The Kier molecular flexibility index (Phi) is 5.40. The first kappa shape index (κ1) is 15.6. The predicted octanol–water partition coefficient (Wildman–Crippen LogP) is 4.20. The van der Waals surface area contributed by atoms with Gasteiger partial charge in [-0.25, -0.2) is 0 Å². The van der Waals surface area contributed by atoms with E-state index in [1.807, 2.05) is 0 Å². The van der Waals surface area contributed by atoms with Crippen LogP contribution in [0.5, 0.6) is 5.75 Å². The van der Waals surface area contributed by atoms with Gasteiger partial charge in [0.1, 0.15) is 12.4 Å². The number of ether oxygens (including phenoxy) is 1. The molecule has 0 atom stereocenters. The summed E-state index contributed by atoms with van der Waals surface area (Å²) >= 11 is 0. The van der Waals surface area contributed by atoms with Gasteiger partial charge in [0.2, 0.25) is 0 Å². The predicted molar refractivity (Wildman–Crippen MR) is 88.8 cm³/mol. The zero-order valence-electron chi connectivity index (χ0n) is 13.2. The fraction of sp³-hybridized carbons (Fsp3) is 0.368. The van der Waals surface area contributed by atoms with Crippen molar-refractivity contribution in [3.63, 3.8) is 0 Å². The minimum atomic E-state index is 0.512.